The van der Waals surface area contributed by atoms with Crippen molar-refractivity contribution in [3.8, 4) is 0 Å². The smallest absolute Gasteiger partial charge is 0.358 e. The van der Waals surface area contributed by atoms with Crippen molar-refractivity contribution in [2.45, 2.75) is 57.8 Å². The number of rotatable bonds is 2. The van der Waals surface area contributed by atoms with Crippen LogP contribution >= 0.6 is 7.92 Å². The zero-order valence-electron chi connectivity index (χ0n) is 12.8. The number of nitrogens with zero attached hydrogens (tertiary/aromatic N) is 1. The Hall–Kier alpha value is 0.0995. The molecule has 1 nitrogen and oxygen atoms in total. The van der Waals surface area contributed by atoms with E-state index >= 15 is 0 Å². The van der Waals surface area contributed by atoms with E-state index in [1.54, 1.807) is 5.92 Å². The quantitative estimate of drug-likeness (QED) is 0.442. The van der Waals surface area contributed by atoms with E-state index in [9.17, 15) is 0 Å². The molecule has 0 spiro atoms. The summed E-state index contributed by atoms with van der Waals surface area (Å²) >= 11 is 0. The Morgan fingerprint density at radius 3 is 2.42 bits per heavy atom. The van der Waals surface area contributed by atoms with Crippen LogP contribution in [0.3, 0.4) is 0 Å². The molecule has 1 aromatic rings. The molecule has 0 aromatic carbocycles. The van der Waals surface area contributed by atoms with Gasteiger partial charge in [-0.15, -0.1) is 5.66 Å². The molecule has 1 aliphatic carbocycles. The maximum absolute atomic E-state index is 4.64. The minimum absolute atomic E-state index is 0. The second-order valence-corrected chi connectivity index (χ2v) is 9.15. The normalized spacial score (nSPS) is 21.4. The van der Waals surface area contributed by atoms with Gasteiger partial charge in [0, 0.05) is 6.20 Å². The summed E-state index contributed by atoms with van der Waals surface area (Å²) in [6, 6.07) is 6.38. The van der Waals surface area contributed by atoms with Crippen LogP contribution in [0, 0.1) is 13.3 Å². The molecule has 0 bridgehead atoms. The van der Waals surface area contributed by atoms with Gasteiger partial charge in [-0.2, -0.15) is 13.3 Å². The van der Waals surface area contributed by atoms with Crippen LogP contribution in [0.4, 0.5) is 0 Å². The van der Waals surface area contributed by atoms with Crippen molar-refractivity contribution in [3.05, 3.63) is 37.7 Å². The minimum atomic E-state index is -0.185. The van der Waals surface area contributed by atoms with E-state index in [-0.39, 0.29) is 32.4 Å². The zero-order chi connectivity index (χ0) is 12.5. The summed E-state index contributed by atoms with van der Waals surface area (Å²) in [5.41, 5.74) is 2.13. The topological polar surface area (TPSA) is 12.9 Å². The van der Waals surface area contributed by atoms with Gasteiger partial charge in [-0.1, -0.05) is 47.6 Å². The predicted molar refractivity (Wildman–Crippen MR) is 83.5 cm³/mol. The van der Waals surface area contributed by atoms with Crippen LogP contribution in [0.1, 0.15) is 47.0 Å². The maximum Gasteiger partial charge on any atom is 2.00 e. The van der Waals surface area contributed by atoms with Crippen LogP contribution < -0.4 is 5.44 Å². The molecule has 0 aliphatic heterocycles. The molecule has 2 atom stereocenters. The molecule has 1 aliphatic rings. The van der Waals surface area contributed by atoms with E-state index in [0.29, 0.717) is 5.16 Å². The number of aromatic nitrogens is 1. The van der Waals surface area contributed by atoms with Crippen LogP contribution in [0.2, 0.25) is 0 Å². The summed E-state index contributed by atoms with van der Waals surface area (Å²) < 4.78 is 0. The molecule has 0 N–H and O–H groups in total. The third kappa shape index (κ3) is 4.55. The van der Waals surface area contributed by atoms with Gasteiger partial charge in [0.05, 0.1) is 5.44 Å². The first-order valence-electron chi connectivity index (χ1n) is 6.53. The van der Waals surface area contributed by atoms with Gasteiger partial charge >= 0.3 is 17.1 Å². The number of hydrogen-bond acceptors (Lipinski definition) is 1. The van der Waals surface area contributed by atoms with Gasteiger partial charge in [0.15, 0.2) is 0 Å². The summed E-state index contributed by atoms with van der Waals surface area (Å²) in [4.78, 5) is 4.64. The molecule has 1 fully saturated rings. The Bertz CT molecular complexity index is 361. The number of hydrogen-bond donors (Lipinski definition) is 0. The average molecular weight is 319 g/mol. The van der Waals surface area contributed by atoms with Crippen LogP contribution in [0.15, 0.2) is 24.4 Å². The van der Waals surface area contributed by atoms with Gasteiger partial charge in [-0.05, 0) is 17.3 Å². The molecular weight excluding hydrogens is 293 g/mol. The average Bonchev–Trinajstić information content (AvgIpc) is 2.65. The van der Waals surface area contributed by atoms with E-state index in [2.05, 4.69) is 44.8 Å². The van der Waals surface area contributed by atoms with Crippen molar-refractivity contribution >= 4 is 13.4 Å². The van der Waals surface area contributed by atoms with Crippen molar-refractivity contribution in [1.82, 2.24) is 4.98 Å². The third-order valence-electron chi connectivity index (χ3n) is 3.55. The monoisotopic (exact) mass is 319 g/mol. The van der Waals surface area contributed by atoms with Gasteiger partial charge in [-0.25, -0.2) is 0 Å². The molecule has 0 amide bonds. The van der Waals surface area contributed by atoms with Crippen molar-refractivity contribution in [1.29, 1.82) is 0 Å². The molecule has 19 heavy (non-hydrogen) atoms. The fraction of sp³-hybridized carbons (Fsp3) is 0.562. The summed E-state index contributed by atoms with van der Waals surface area (Å²) in [6.45, 7) is 9.47. The zero-order valence-corrected chi connectivity index (χ0v) is 14.8. The van der Waals surface area contributed by atoms with Crippen molar-refractivity contribution in [2.24, 2.45) is 0 Å². The second kappa shape index (κ2) is 7.77. The first kappa shape index (κ1) is 19.1. The SMILES string of the molecule is C[C-]1CCCC1P(c1ccccn1)C(C)(C)C.[CH3-].[Fe+2]. The Morgan fingerprint density at radius 2 is 2.00 bits per heavy atom. The Labute approximate surface area is 131 Å². The molecule has 2 unspecified atom stereocenters. The molecule has 0 saturated heterocycles. The van der Waals surface area contributed by atoms with E-state index in [4.69, 9.17) is 0 Å². The predicted octanol–water partition coefficient (Wildman–Crippen LogP) is 4.58. The van der Waals surface area contributed by atoms with Crippen LogP contribution in [-0.4, -0.2) is 15.8 Å². The summed E-state index contributed by atoms with van der Waals surface area (Å²) in [5.74, 6) is 1.71. The van der Waals surface area contributed by atoms with Crippen LogP contribution in [-0.2, 0) is 17.1 Å². The molecule has 3 heteroatoms. The molecule has 2 rings (SSSR count). The summed E-state index contributed by atoms with van der Waals surface area (Å²) in [5, 5.41) is 0.347. The largest absolute Gasteiger partial charge is 2.00 e. The van der Waals surface area contributed by atoms with E-state index in [0.717, 1.165) is 5.66 Å². The number of pyridine rings is 1. The van der Waals surface area contributed by atoms with E-state index in [1.807, 2.05) is 12.3 Å². The van der Waals surface area contributed by atoms with E-state index in [1.165, 1.54) is 24.7 Å². The molecule has 0 radical (unpaired) electrons. The molecule has 1 heterocycles. The van der Waals surface area contributed by atoms with Crippen molar-refractivity contribution in [3.63, 3.8) is 0 Å². The first-order chi connectivity index (χ1) is 8.00. The second-order valence-electron chi connectivity index (χ2n) is 5.98. The van der Waals surface area contributed by atoms with Crippen LogP contribution in [0.5, 0.6) is 0 Å². The molecule has 108 valence electrons. The third-order valence-corrected chi connectivity index (χ3v) is 7.07. The fourth-order valence-corrected chi connectivity index (χ4v) is 6.19. The van der Waals surface area contributed by atoms with Gasteiger partial charge in [-0.3, -0.25) is 4.98 Å². The summed E-state index contributed by atoms with van der Waals surface area (Å²) in [7, 11) is -0.185. The van der Waals surface area contributed by atoms with Crippen molar-refractivity contribution in [2.75, 3.05) is 0 Å². The minimum Gasteiger partial charge on any atom is -0.358 e. The first-order valence-corrected chi connectivity index (χ1v) is 7.94. The molecule has 1 saturated carbocycles. The Kier molecular flexibility index (Phi) is 7.81. The maximum atomic E-state index is 4.64. The Balaban J connectivity index is 0.00000162. The standard InChI is InChI=1S/C15H23NP.CH3.Fe/c1-12-8-7-9-13(12)17(15(2,3)4)14-10-5-6-11-16-14;;/h5-6,10-11,13H,7-9H2,1-4H3;1H3;/q2*-1;+2. The van der Waals surface area contributed by atoms with E-state index < -0.39 is 0 Å². The molecular formula is C16H26FeNP. The van der Waals surface area contributed by atoms with Gasteiger partial charge in [0.1, 0.15) is 0 Å². The van der Waals surface area contributed by atoms with Crippen LogP contribution in [0.25, 0.3) is 0 Å². The Morgan fingerprint density at radius 1 is 1.32 bits per heavy atom. The van der Waals surface area contributed by atoms with Gasteiger partial charge < -0.3 is 13.3 Å². The molecule has 1 aromatic heterocycles. The van der Waals surface area contributed by atoms with Gasteiger partial charge in [0.25, 0.3) is 0 Å². The summed E-state index contributed by atoms with van der Waals surface area (Å²) in [6.07, 6.45) is 6.01. The fourth-order valence-electron chi connectivity index (χ4n) is 2.80. The van der Waals surface area contributed by atoms with Gasteiger partial charge in [0.2, 0.25) is 0 Å². The van der Waals surface area contributed by atoms with Crippen molar-refractivity contribution < 1.29 is 17.1 Å².